The van der Waals surface area contributed by atoms with Crippen molar-refractivity contribution in [2.45, 2.75) is 19.9 Å². The Morgan fingerprint density at radius 3 is 2.52 bits per heavy atom. The number of benzene rings is 1. The number of aromatic nitrogens is 1. The molecule has 0 unspecified atom stereocenters. The predicted octanol–water partition coefficient (Wildman–Crippen LogP) is 2.37. The largest absolute Gasteiger partial charge is 0.352 e. The van der Waals surface area contributed by atoms with E-state index in [4.69, 9.17) is 0 Å². The number of carbonyl (C=O) groups is 1. The molecule has 0 bridgehead atoms. The lowest BCUT2D eigenvalue weighted by molar-refractivity contribution is -0.128. The standard InChI is InChI=1S/C20H27N5O.HI/c1-16-7-9-17(10-8-16)14-23-20(21-2)24-15-19(26)25(3)13-11-18-6-4-5-12-22-18;/h4-10,12H,11,13-15H2,1-3H3,(H2,21,23,24);1H. The first-order chi connectivity index (χ1) is 12.6. The Morgan fingerprint density at radius 1 is 1.15 bits per heavy atom. The van der Waals surface area contributed by atoms with Gasteiger partial charge in [0.05, 0.1) is 6.54 Å². The molecule has 0 aliphatic carbocycles. The summed E-state index contributed by atoms with van der Waals surface area (Å²) in [5.74, 6) is 0.622. The van der Waals surface area contributed by atoms with Crippen molar-refractivity contribution in [2.75, 3.05) is 27.2 Å². The third kappa shape index (κ3) is 8.38. The van der Waals surface area contributed by atoms with Crippen LogP contribution in [0.5, 0.6) is 0 Å². The number of nitrogens with one attached hydrogen (secondary N) is 2. The molecule has 0 spiro atoms. The molecule has 0 aliphatic rings. The summed E-state index contributed by atoms with van der Waals surface area (Å²) in [6.45, 7) is 3.55. The molecule has 2 N–H and O–H groups in total. The summed E-state index contributed by atoms with van der Waals surface area (Å²) < 4.78 is 0. The van der Waals surface area contributed by atoms with Crippen LogP contribution >= 0.6 is 24.0 Å². The average Bonchev–Trinajstić information content (AvgIpc) is 2.68. The lowest BCUT2D eigenvalue weighted by atomic mass is 10.1. The van der Waals surface area contributed by atoms with Crippen LogP contribution in [0.15, 0.2) is 53.7 Å². The lowest BCUT2D eigenvalue weighted by Crippen LogP contribution is -2.43. The van der Waals surface area contributed by atoms with Crippen LogP contribution in [0.25, 0.3) is 0 Å². The molecular formula is C20H28IN5O. The number of hydrogen-bond acceptors (Lipinski definition) is 3. The van der Waals surface area contributed by atoms with Crippen LogP contribution in [0.2, 0.25) is 0 Å². The molecular weight excluding hydrogens is 453 g/mol. The molecule has 0 saturated carbocycles. The van der Waals surface area contributed by atoms with E-state index < -0.39 is 0 Å². The van der Waals surface area contributed by atoms with E-state index in [-0.39, 0.29) is 36.4 Å². The van der Waals surface area contributed by atoms with Crippen LogP contribution in [0.3, 0.4) is 0 Å². The van der Waals surface area contributed by atoms with E-state index in [9.17, 15) is 4.79 Å². The molecule has 0 radical (unpaired) electrons. The molecule has 27 heavy (non-hydrogen) atoms. The molecule has 2 rings (SSSR count). The molecule has 0 fully saturated rings. The summed E-state index contributed by atoms with van der Waals surface area (Å²) in [6, 6.07) is 14.1. The van der Waals surface area contributed by atoms with Crippen molar-refractivity contribution in [3.8, 4) is 0 Å². The van der Waals surface area contributed by atoms with Crippen molar-refractivity contribution in [1.82, 2.24) is 20.5 Å². The number of rotatable bonds is 7. The Balaban J connectivity index is 0.00000364. The van der Waals surface area contributed by atoms with Crippen LogP contribution in [-0.2, 0) is 17.8 Å². The summed E-state index contributed by atoms with van der Waals surface area (Å²) in [6.07, 6.45) is 2.51. The zero-order chi connectivity index (χ0) is 18.8. The van der Waals surface area contributed by atoms with Gasteiger partial charge in [0.2, 0.25) is 5.91 Å². The molecule has 0 atom stereocenters. The molecule has 1 heterocycles. The van der Waals surface area contributed by atoms with Gasteiger partial charge in [0, 0.05) is 45.5 Å². The number of halogens is 1. The minimum absolute atomic E-state index is 0. The Kier molecular flexibility index (Phi) is 10.4. The number of carbonyl (C=O) groups excluding carboxylic acids is 1. The molecule has 146 valence electrons. The fourth-order valence-corrected chi connectivity index (χ4v) is 2.36. The molecule has 0 aliphatic heterocycles. The van der Waals surface area contributed by atoms with Gasteiger partial charge in [-0.25, -0.2) is 0 Å². The maximum absolute atomic E-state index is 12.3. The van der Waals surface area contributed by atoms with Gasteiger partial charge in [-0.2, -0.15) is 0 Å². The summed E-state index contributed by atoms with van der Waals surface area (Å²) >= 11 is 0. The van der Waals surface area contributed by atoms with E-state index in [1.807, 2.05) is 18.2 Å². The summed E-state index contributed by atoms with van der Waals surface area (Å²) in [7, 11) is 3.50. The van der Waals surface area contributed by atoms with Crippen molar-refractivity contribution in [3.63, 3.8) is 0 Å². The van der Waals surface area contributed by atoms with Gasteiger partial charge < -0.3 is 15.5 Å². The van der Waals surface area contributed by atoms with E-state index in [1.54, 1.807) is 25.2 Å². The molecule has 7 heteroatoms. The third-order valence-corrected chi connectivity index (χ3v) is 4.07. The fourth-order valence-electron chi connectivity index (χ4n) is 2.36. The zero-order valence-corrected chi connectivity index (χ0v) is 18.4. The van der Waals surface area contributed by atoms with Crippen LogP contribution in [0, 0.1) is 6.92 Å². The SMILES string of the molecule is CN=C(NCC(=O)N(C)CCc1ccccn1)NCc1ccc(C)cc1.I. The molecule has 0 saturated heterocycles. The van der Waals surface area contributed by atoms with E-state index in [0.717, 1.165) is 17.7 Å². The van der Waals surface area contributed by atoms with Crippen LogP contribution in [-0.4, -0.2) is 48.9 Å². The van der Waals surface area contributed by atoms with Gasteiger partial charge in [0.1, 0.15) is 0 Å². The van der Waals surface area contributed by atoms with Crippen molar-refractivity contribution >= 4 is 35.8 Å². The number of aliphatic imine (C=N–C) groups is 1. The monoisotopic (exact) mass is 481 g/mol. The number of guanidine groups is 1. The van der Waals surface area contributed by atoms with E-state index >= 15 is 0 Å². The number of pyridine rings is 1. The van der Waals surface area contributed by atoms with Crippen molar-refractivity contribution < 1.29 is 4.79 Å². The van der Waals surface area contributed by atoms with Gasteiger partial charge in [-0.3, -0.25) is 14.8 Å². The van der Waals surface area contributed by atoms with E-state index in [2.05, 4.69) is 51.8 Å². The molecule has 1 amide bonds. The van der Waals surface area contributed by atoms with Crippen molar-refractivity contribution in [2.24, 2.45) is 4.99 Å². The molecule has 2 aromatic rings. The summed E-state index contributed by atoms with van der Waals surface area (Å²) in [4.78, 5) is 22.4. The number of nitrogens with zero attached hydrogens (tertiary/aromatic N) is 3. The highest BCUT2D eigenvalue weighted by Gasteiger charge is 2.09. The highest BCUT2D eigenvalue weighted by Crippen LogP contribution is 2.02. The smallest absolute Gasteiger partial charge is 0.241 e. The first-order valence-electron chi connectivity index (χ1n) is 8.72. The van der Waals surface area contributed by atoms with Gasteiger partial charge >= 0.3 is 0 Å². The molecule has 1 aromatic heterocycles. The van der Waals surface area contributed by atoms with Crippen LogP contribution in [0.1, 0.15) is 16.8 Å². The maximum atomic E-state index is 12.3. The van der Waals surface area contributed by atoms with Crippen molar-refractivity contribution in [1.29, 1.82) is 0 Å². The van der Waals surface area contributed by atoms with Gasteiger partial charge in [0.25, 0.3) is 0 Å². The predicted molar refractivity (Wildman–Crippen MR) is 120 cm³/mol. The van der Waals surface area contributed by atoms with Gasteiger partial charge in [-0.05, 0) is 24.6 Å². The highest BCUT2D eigenvalue weighted by atomic mass is 127. The zero-order valence-electron chi connectivity index (χ0n) is 16.1. The van der Waals surface area contributed by atoms with Crippen LogP contribution < -0.4 is 10.6 Å². The maximum Gasteiger partial charge on any atom is 0.241 e. The number of amides is 1. The second-order valence-electron chi connectivity index (χ2n) is 6.15. The molecule has 6 nitrogen and oxygen atoms in total. The topological polar surface area (TPSA) is 69.6 Å². The first-order valence-corrected chi connectivity index (χ1v) is 8.72. The minimum Gasteiger partial charge on any atom is -0.352 e. The van der Waals surface area contributed by atoms with E-state index in [0.29, 0.717) is 19.0 Å². The minimum atomic E-state index is 0. The Bertz CT molecular complexity index is 719. The quantitative estimate of drug-likeness (QED) is 0.362. The number of likely N-dealkylation sites (N-methyl/N-ethyl adjacent to an activating group) is 1. The summed E-state index contributed by atoms with van der Waals surface area (Å²) in [5.41, 5.74) is 3.38. The fraction of sp³-hybridized carbons (Fsp3) is 0.350. The van der Waals surface area contributed by atoms with Gasteiger partial charge in [0.15, 0.2) is 5.96 Å². The first kappa shape index (κ1) is 22.9. The van der Waals surface area contributed by atoms with Gasteiger partial charge in [-0.1, -0.05) is 35.9 Å². The van der Waals surface area contributed by atoms with Crippen LogP contribution in [0.4, 0.5) is 0 Å². The second-order valence-corrected chi connectivity index (χ2v) is 6.15. The lowest BCUT2D eigenvalue weighted by Gasteiger charge is -2.18. The summed E-state index contributed by atoms with van der Waals surface area (Å²) in [5, 5.41) is 6.28. The molecule has 1 aromatic carbocycles. The number of hydrogen-bond donors (Lipinski definition) is 2. The Morgan fingerprint density at radius 2 is 1.89 bits per heavy atom. The van der Waals surface area contributed by atoms with Crippen molar-refractivity contribution in [3.05, 3.63) is 65.5 Å². The van der Waals surface area contributed by atoms with E-state index in [1.165, 1.54) is 5.56 Å². The number of aryl methyl sites for hydroxylation is 1. The average molecular weight is 481 g/mol. The highest BCUT2D eigenvalue weighted by molar-refractivity contribution is 14.0. The Hall–Kier alpha value is -2.16. The second kappa shape index (κ2) is 12.3. The normalized spacial score (nSPS) is 10.7. The Labute approximate surface area is 178 Å². The third-order valence-electron chi connectivity index (χ3n) is 4.07. The van der Waals surface area contributed by atoms with Gasteiger partial charge in [-0.15, -0.1) is 24.0 Å².